The lowest BCUT2D eigenvalue weighted by atomic mass is 9.70. The highest BCUT2D eigenvalue weighted by Gasteiger charge is 2.52. The maximum Gasteiger partial charge on any atom is 0.418 e. The lowest BCUT2D eigenvalue weighted by molar-refractivity contribution is -0.137. The molecule has 14 rings (SSSR count). The number of alkyl halides is 3. The van der Waals surface area contributed by atoms with E-state index in [9.17, 15) is 0 Å². The van der Waals surface area contributed by atoms with Crippen molar-refractivity contribution >= 4 is 43.7 Å². The van der Waals surface area contributed by atoms with Crippen molar-refractivity contribution in [3.63, 3.8) is 0 Å². The Balaban J connectivity index is 1.12. The van der Waals surface area contributed by atoms with Crippen LogP contribution in [0.4, 0.5) is 13.2 Å². The normalized spacial score (nSPS) is 13.4. The van der Waals surface area contributed by atoms with Gasteiger partial charge in [0.15, 0.2) is 23.1 Å². The monoisotopic (exact) mass is 870 g/mol. The molecule has 316 valence electrons. The van der Waals surface area contributed by atoms with Crippen LogP contribution >= 0.6 is 0 Å². The van der Waals surface area contributed by atoms with E-state index in [0.717, 1.165) is 55.3 Å². The molecular weight excluding hydrogens is 838 g/mol. The molecule has 1 spiro atoms. The van der Waals surface area contributed by atoms with E-state index >= 15 is 13.2 Å². The van der Waals surface area contributed by atoms with Crippen LogP contribution in [0.2, 0.25) is 0 Å². The Morgan fingerprint density at radius 2 is 0.925 bits per heavy atom. The number of hydrogen-bond donors (Lipinski definition) is 0. The van der Waals surface area contributed by atoms with Crippen molar-refractivity contribution in [3.05, 3.63) is 228 Å². The maximum absolute atomic E-state index is 16.5. The molecule has 0 atom stereocenters. The van der Waals surface area contributed by atoms with E-state index in [1.807, 2.05) is 103 Å². The lowest BCUT2D eigenvalue weighted by Crippen LogP contribution is -2.25. The fraction of sp³-hybridized carbons (Fsp3) is 0.0339. The van der Waals surface area contributed by atoms with Crippen molar-refractivity contribution in [3.8, 4) is 62.1 Å². The van der Waals surface area contributed by atoms with Crippen LogP contribution in [0.1, 0.15) is 27.8 Å². The van der Waals surface area contributed by atoms with Crippen LogP contribution in [-0.2, 0) is 11.6 Å². The van der Waals surface area contributed by atoms with Gasteiger partial charge in [-0.1, -0.05) is 170 Å². The molecule has 0 aliphatic heterocycles. The van der Waals surface area contributed by atoms with E-state index in [4.69, 9.17) is 19.4 Å². The molecule has 2 aliphatic carbocycles. The number of fused-ring (bicyclic) bond motifs is 16. The molecule has 12 aromatic rings. The maximum atomic E-state index is 16.5. The van der Waals surface area contributed by atoms with Crippen molar-refractivity contribution < 1.29 is 17.6 Å². The minimum absolute atomic E-state index is 0.0756. The molecule has 0 fully saturated rings. The van der Waals surface area contributed by atoms with Gasteiger partial charge in [0, 0.05) is 38.2 Å². The molecule has 0 saturated carbocycles. The third kappa shape index (κ3) is 5.18. The molecule has 0 bridgehead atoms. The minimum atomic E-state index is -4.86. The van der Waals surface area contributed by atoms with Gasteiger partial charge < -0.3 is 8.98 Å². The third-order valence-corrected chi connectivity index (χ3v) is 13.9. The van der Waals surface area contributed by atoms with Gasteiger partial charge in [0.05, 0.1) is 22.0 Å². The molecule has 0 unspecified atom stereocenters. The Bertz CT molecular complexity index is 3940. The molecule has 0 saturated heterocycles. The Morgan fingerprint density at radius 3 is 1.54 bits per heavy atom. The van der Waals surface area contributed by atoms with Gasteiger partial charge in [-0.2, -0.15) is 13.2 Å². The molecule has 5 nitrogen and oxygen atoms in total. The first-order valence-corrected chi connectivity index (χ1v) is 22.2. The number of benzene rings is 9. The summed E-state index contributed by atoms with van der Waals surface area (Å²) in [6.45, 7) is 0. The van der Waals surface area contributed by atoms with Gasteiger partial charge in [0.25, 0.3) is 0 Å². The van der Waals surface area contributed by atoms with Crippen molar-refractivity contribution in [2.75, 3.05) is 0 Å². The van der Waals surface area contributed by atoms with Crippen molar-refractivity contribution in [2.45, 2.75) is 11.6 Å². The SMILES string of the molecule is FC(F)(F)c1cc(-c2nc(-c3ccccc3)nc(-c3ccccc3)n2)c2c(oc3ccccc32)c1-n1c2ccccc2c2cc3c(cc21)C1(c2ccccc2-c2ccccc21)c1ccccc1-3. The van der Waals surface area contributed by atoms with Crippen LogP contribution < -0.4 is 0 Å². The average molecular weight is 871 g/mol. The number of hydrogen-bond acceptors (Lipinski definition) is 4. The first kappa shape index (κ1) is 37.7. The number of para-hydroxylation sites is 2. The predicted molar refractivity (Wildman–Crippen MR) is 259 cm³/mol. The Hall–Kier alpha value is -8.62. The van der Waals surface area contributed by atoms with Crippen molar-refractivity contribution in [2.24, 2.45) is 0 Å². The van der Waals surface area contributed by atoms with Crippen LogP contribution in [0, 0.1) is 0 Å². The zero-order valence-electron chi connectivity index (χ0n) is 35.4. The third-order valence-electron chi connectivity index (χ3n) is 13.9. The summed E-state index contributed by atoms with van der Waals surface area (Å²) in [5.74, 6) is 0.771. The molecule has 67 heavy (non-hydrogen) atoms. The van der Waals surface area contributed by atoms with E-state index in [-0.39, 0.29) is 22.7 Å². The van der Waals surface area contributed by atoms with E-state index in [1.165, 1.54) is 6.07 Å². The number of rotatable bonds is 4. The van der Waals surface area contributed by atoms with Gasteiger partial charge in [0.2, 0.25) is 0 Å². The van der Waals surface area contributed by atoms with Crippen LogP contribution in [0.3, 0.4) is 0 Å². The van der Waals surface area contributed by atoms with E-state index < -0.39 is 17.2 Å². The highest BCUT2D eigenvalue weighted by molar-refractivity contribution is 6.18. The summed E-state index contributed by atoms with van der Waals surface area (Å²) >= 11 is 0. The van der Waals surface area contributed by atoms with Gasteiger partial charge >= 0.3 is 6.18 Å². The van der Waals surface area contributed by atoms with Gasteiger partial charge in [-0.15, -0.1) is 0 Å². The fourth-order valence-corrected chi connectivity index (χ4v) is 11.2. The largest absolute Gasteiger partial charge is 0.454 e. The number of aromatic nitrogens is 4. The molecule has 0 amide bonds. The lowest BCUT2D eigenvalue weighted by Gasteiger charge is -2.30. The second-order valence-corrected chi connectivity index (χ2v) is 17.3. The molecule has 0 radical (unpaired) electrons. The smallest absolute Gasteiger partial charge is 0.418 e. The molecule has 8 heteroatoms. The van der Waals surface area contributed by atoms with Gasteiger partial charge in [-0.25, -0.2) is 15.0 Å². The van der Waals surface area contributed by atoms with Gasteiger partial charge in [0.1, 0.15) is 11.3 Å². The first-order valence-electron chi connectivity index (χ1n) is 22.2. The van der Waals surface area contributed by atoms with E-state index in [0.29, 0.717) is 50.2 Å². The summed E-state index contributed by atoms with van der Waals surface area (Å²) in [6.07, 6.45) is -4.86. The zero-order valence-corrected chi connectivity index (χ0v) is 35.4. The van der Waals surface area contributed by atoms with Crippen LogP contribution in [0.25, 0.3) is 106 Å². The van der Waals surface area contributed by atoms with E-state index in [1.54, 1.807) is 10.6 Å². The highest BCUT2D eigenvalue weighted by atomic mass is 19.4. The summed E-state index contributed by atoms with van der Waals surface area (Å²) in [5, 5.41) is 2.77. The molecular formula is C59H33F3N4O. The molecule has 9 aromatic carbocycles. The summed E-state index contributed by atoms with van der Waals surface area (Å²) in [5.41, 5.74) is 10.5. The molecule has 2 aliphatic rings. The number of nitrogens with zero attached hydrogens (tertiary/aromatic N) is 4. The molecule has 3 heterocycles. The predicted octanol–water partition coefficient (Wildman–Crippen LogP) is 15.2. The van der Waals surface area contributed by atoms with Crippen molar-refractivity contribution in [1.29, 1.82) is 0 Å². The topological polar surface area (TPSA) is 56.7 Å². The van der Waals surface area contributed by atoms with Gasteiger partial charge in [-0.05, 0) is 74.8 Å². The number of halogens is 3. The first-order chi connectivity index (χ1) is 32.9. The van der Waals surface area contributed by atoms with E-state index in [2.05, 4.69) is 84.9 Å². The summed E-state index contributed by atoms with van der Waals surface area (Å²) < 4.78 is 58.0. The number of furan rings is 1. The molecule has 3 aromatic heterocycles. The summed E-state index contributed by atoms with van der Waals surface area (Å²) in [6, 6.07) is 65.1. The standard InChI is InChI=1S/C59H33F3N4O/c60-59(61,62)48-32-43(57-64-55(34-17-3-1-4-18-34)63-56(65-57)35-19-5-2-6-20-35)52-40-25-11-16-30-51(40)67-54(52)53(48)66-49-29-15-10-24-39(49)42-31-41-38-23-9-14-28-46(38)58(47(41)33-50(42)66)44-26-12-7-21-36(44)37-22-8-13-27-45(37)58/h1-33H. The van der Waals surface area contributed by atoms with Crippen LogP contribution in [-0.4, -0.2) is 19.5 Å². The molecule has 0 N–H and O–H groups in total. The zero-order chi connectivity index (χ0) is 44.6. The highest BCUT2D eigenvalue weighted by Crippen LogP contribution is 2.63. The average Bonchev–Trinajstić information content (AvgIpc) is 4.09. The van der Waals surface area contributed by atoms with Crippen LogP contribution in [0.15, 0.2) is 205 Å². The summed E-state index contributed by atoms with van der Waals surface area (Å²) in [7, 11) is 0. The minimum Gasteiger partial charge on any atom is -0.454 e. The fourth-order valence-electron chi connectivity index (χ4n) is 11.2. The Kier molecular flexibility index (Phi) is 7.71. The van der Waals surface area contributed by atoms with Crippen LogP contribution in [0.5, 0.6) is 0 Å². The Morgan fingerprint density at radius 1 is 0.418 bits per heavy atom. The quantitative estimate of drug-likeness (QED) is 0.177. The Labute approximate surface area is 381 Å². The van der Waals surface area contributed by atoms with Gasteiger partial charge in [-0.3, -0.25) is 0 Å². The second kappa shape index (κ2) is 13.7. The summed E-state index contributed by atoms with van der Waals surface area (Å²) in [4.78, 5) is 14.8. The van der Waals surface area contributed by atoms with Crippen molar-refractivity contribution in [1.82, 2.24) is 19.5 Å². The second-order valence-electron chi connectivity index (χ2n) is 17.3.